The molecule has 0 saturated carbocycles. The molecule has 1 amide bonds. The molecule has 0 bridgehead atoms. The van der Waals surface area contributed by atoms with Crippen LogP contribution < -0.4 is 14.8 Å². The molecule has 2 aromatic rings. The van der Waals surface area contributed by atoms with Crippen molar-refractivity contribution in [3.05, 3.63) is 52.5 Å². The molecule has 0 saturated heterocycles. The summed E-state index contributed by atoms with van der Waals surface area (Å²) in [4.78, 5) is 12.1. The highest BCUT2D eigenvalue weighted by atomic mass is 79.9. The molecular weight excluding hydrogens is 370 g/mol. The van der Waals surface area contributed by atoms with Gasteiger partial charge >= 0.3 is 0 Å². The smallest absolute Gasteiger partial charge is 0.262 e. The van der Waals surface area contributed by atoms with E-state index in [4.69, 9.17) is 9.47 Å². The Labute approximate surface area is 151 Å². The van der Waals surface area contributed by atoms with E-state index in [0.29, 0.717) is 18.2 Å². The number of carbonyl (C=O) groups excluding carboxylic acids is 1. The number of ether oxygens (including phenoxy) is 2. The zero-order valence-corrected chi connectivity index (χ0v) is 15.7. The lowest BCUT2D eigenvalue weighted by atomic mass is 10.0. The van der Waals surface area contributed by atoms with E-state index in [2.05, 4.69) is 35.1 Å². The zero-order chi connectivity index (χ0) is 17.5. The number of amides is 1. The van der Waals surface area contributed by atoms with Gasteiger partial charge in [0, 0.05) is 10.2 Å². The lowest BCUT2D eigenvalue weighted by molar-refractivity contribution is -0.118. The van der Waals surface area contributed by atoms with Crippen LogP contribution in [0.15, 0.2) is 46.9 Å². The maximum atomic E-state index is 12.1. The van der Waals surface area contributed by atoms with Crippen molar-refractivity contribution >= 4 is 27.5 Å². The summed E-state index contributed by atoms with van der Waals surface area (Å²) in [5.74, 6) is 1.63. The SMILES string of the molecule is CCOc1ccc(NC(=O)COc2ccc(Br)cc2C(C)C)cc1. The molecule has 5 heteroatoms. The second-order valence-corrected chi connectivity index (χ2v) is 6.55. The van der Waals surface area contributed by atoms with Gasteiger partial charge in [-0.05, 0) is 60.9 Å². The third-order valence-electron chi connectivity index (χ3n) is 3.40. The van der Waals surface area contributed by atoms with Crippen molar-refractivity contribution in [2.24, 2.45) is 0 Å². The second kappa shape index (κ2) is 8.73. The van der Waals surface area contributed by atoms with E-state index >= 15 is 0 Å². The second-order valence-electron chi connectivity index (χ2n) is 5.63. The van der Waals surface area contributed by atoms with Gasteiger partial charge in [0.15, 0.2) is 6.61 Å². The van der Waals surface area contributed by atoms with Crippen molar-refractivity contribution in [2.75, 3.05) is 18.5 Å². The van der Waals surface area contributed by atoms with Crippen LogP contribution in [-0.2, 0) is 4.79 Å². The Morgan fingerprint density at radius 2 is 1.83 bits per heavy atom. The van der Waals surface area contributed by atoms with Gasteiger partial charge in [0.2, 0.25) is 0 Å². The minimum Gasteiger partial charge on any atom is -0.494 e. The van der Waals surface area contributed by atoms with Gasteiger partial charge in [-0.25, -0.2) is 0 Å². The predicted octanol–water partition coefficient (Wildman–Crippen LogP) is 4.99. The minimum absolute atomic E-state index is 0.0332. The first-order valence-corrected chi connectivity index (χ1v) is 8.74. The highest BCUT2D eigenvalue weighted by Crippen LogP contribution is 2.29. The largest absolute Gasteiger partial charge is 0.494 e. The average Bonchev–Trinajstić information content (AvgIpc) is 2.55. The molecule has 0 aromatic heterocycles. The number of rotatable bonds is 7. The molecule has 128 valence electrons. The fraction of sp³-hybridized carbons (Fsp3) is 0.316. The summed E-state index contributed by atoms with van der Waals surface area (Å²) < 4.78 is 12.1. The molecule has 0 aliphatic rings. The molecule has 24 heavy (non-hydrogen) atoms. The molecule has 0 unspecified atom stereocenters. The van der Waals surface area contributed by atoms with E-state index in [1.807, 2.05) is 49.4 Å². The van der Waals surface area contributed by atoms with Crippen LogP contribution in [0.1, 0.15) is 32.3 Å². The zero-order valence-electron chi connectivity index (χ0n) is 14.1. The first kappa shape index (κ1) is 18.3. The van der Waals surface area contributed by atoms with Crippen LogP contribution in [0.3, 0.4) is 0 Å². The summed E-state index contributed by atoms with van der Waals surface area (Å²) in [6, 6.07) is 13.1. The summed E-state index contributed by atoms with van der Waals surface area (Å²) in [7, 11) is 0. The normalized spacial score (nSPS) is 10.5. The van der Waals surface area contributed by atoms with Crippen LogP contribution in [0.4, 0.5) is 5.69 Å². The topological polar surface area (TPSA) is 47.6 Å². The number of halogens is 1. The lowest BCUT2D eigenvalue weighted by Crippen LogP contribution is -2.20. The number of nitrogens with one attached hydrogen (secondary N) is 1. The molecule has 0 aliphatic carbocycles. The Morgan fingerprint density at radius 3 is 2.46 bits per heavy atom. The first-order valence-electron chi connectivity index (χ1n) is 7.94. The molecule has 2 rings (SSSR count). The summed E-state index contributed by atoms with van der Waals surface area (Å²) in [5.41, 5.74) is 1.78. The Kier molecular flexibility index (Phi) is 6.67. The number of hydrogen-bond acceptors (Lipinski definition) is 3. The summed E-state index contributed by atoms with van der Waals surface area (Å²) in [6.45, 7) is 6.70. The van der Waals surface area contributed by atoms with Crippen LogP contribution in [0, 0.1) is 0 Å². The highest BCUT2D eigenvalue weighted by Gasteiger charge is 2.11. The van der Waals surface area contributed by atoms with E-state index in [1.165, 1.54) is 0 Å². The molecule has 0 aliphatic heterocycles. The fourth-order valence-corrected chi connectivity index (χ4v) is 2.62. The standard InChI is InChI=1S/C19H22BrNO3/c1-4-23-16-8-6-15(7-9-16)21-19(22)12-24-18-10-5-14(20)11-17(18)13(2)3/h5-11,13H,4,12H2,1-3H3,(H,21,22). The van der Waals surface area contributed by atoms with E-state index in [9.17, 15) is 4.79 Å². The van der Waals surface area contributed by atoms with Crippen LogP contribution >= 0.6 is 15.9 Å². The Morgan fingerprint density at radius 1 is 1.12 bits per heavy atom. The monoisotopic (exact) mass is 391 g/mol. The van der Waals surface area contributed by atoms with Crippen molar-refractivity contribution in [3.63, 3.8) is 0 Å². The van der Waals surface area contributed by atoms with Gasteiger partial charge in [-0.2, -0.15) is 0 Å². The van der Waals surface area contributed by atoms with Crippen molar-refractivity contribution in [2.45, 2.75) is 26.7 Å². The first-order chi connectivity index (χ1) is 11.5. The molecule has 1 N–H and O–H groups in total. The van der Waals surface area contributed by atoms with Gasteiger partial charge in [-0.15, -0.1) is 0 Å². The Balaban J connectivity index is 1.93. The van der Waals surface area contributed by atoms with Crippen LogP contribution in [0.25, 0.3) is 0 Å². The maximum Gasteiger partial charge on any atom is 0.262 e. The van der Waals surface area contributed by atoms with Crippen molar-refractivity contribution in [3.8, 4) is 11.5 Å². The third kappa shape index (κ3) is 5.27. The molecule has 2 aromatic carbocycles. The average molecular weight is 392 g/mol. The molecule has 0 radical (unpaired) electrons. The molecule has 0 fully saturated rings. The molecule has 0 atom stereocenters. The summed E-state index contributed by atoms with van der Waals surface area (Å²) in [6.07, 6.45) is 0. The third-order valence-corrected chi connectivity index (χ3v) is 3.89. The van der Waals surface area contributed by atoms with Gasteiger partial charge in [-0.3, -0.25) is 4.79 Å². The number of anilines is 1. The summed E-state index contributed by atoms with van der Waals surface area (Å²) >= 11 is 3.46. The summed E-state index contributed by atoms with van der Waals surface area (Å²) in [5, 5.41) is 2.81. The van der Waals surface area contributed by atoms with Gasteiger partial charge < -0.3 is 14.8 Å². The van der Waals surface area contributed by atoms with Gasteiger partial charge in [0.1, 0.15) is 11.5 Å². The Hall–Kier alpha value is -2.01. The van der Waals surface area contributed by atoms with Crippen LogP contribution in [0.5, 0.6) is 11.5 Å². The molecular formula is C19H22BrNO3. The van der Waals surface area contributed by atoms with E-state index in [1.54, 1.807) is 0 Å². The van der Waals surface area contributed by atoms with Crippen LogP contribution in [0.2, 0.25) is 0 Å². The van der Waals surface area contributed by atoms with Crippen molar-refractivity contribution in [1.82, 2.24) is 0 Å². The van der Waals surface area contributed by atoms with Crippen LogP contribution in [-0.4, -0.2) is 19.1 Å². The number of hydrogen-bond donors (Lipinski definition) is 1. The highest BCUT2D eigenvalue weighted by molar-refractivity contribution is 9.10. The van der Waals surface area contributed by atoms with E-state index in [-0.39, 0.29) is 12.5 Å². The molecule has 0 spiro atoms. The number of carbonyl (C=O) groups is 1. The van der Waals surface area contributed by atoms with E-state index < -0.39 is 0 Å². The van der Waals surface area contributed by atoms with E-state index in [0.717, 1.165) is 21.5 Å². The van der Waals surface area contributed by atoms with Crippen molar-refractivity contribution in [1.29, 1.82) is 0 Å². The Bertz CT molecular complexity index is 684. The molecule has 0 heterocycles. The lowest BCUT2D eigenvalue weighted by Gasteiger charge is -2.14. The minimum atomic E-state index is -0.197. The van der Waals surface area contributed by atoms with Gasteiger partial charge in [0.05, 0.1) is 6.61 Å². The number of benzene rings is 2. The van der Waals surface area contributed by atoms with Gasteiger partial charge in [-0.1, -0.05) is 29.8 Å². The van der Waals surface area contributed by atoms with Gasteiger partial charge in [0.25, 0.3) is 5.91 Å². The fourth-order valence-electron chi connectivity index (χ4n) is 2.24. The quantitative estimate of drug-likeness (QED) is 0.722. The maximum absolute atomic E-state index is 12.1. The molecule has 4 nitrogen and oxygen atoms in total. The predicted molar refractivity (Wildman–Crippen MR) is 100.0 cm³/mol. The van der Waals surface area contributed by atoms with Crippen molar-refractivity contribution < 1.29 is 14.3 Å².